The van der Waals surface area contributed by atoms with E-state index in [4.69, 9.17) is 0 Å². The van der Waals surface area contributed by atoms with Gasteiger partial charge in [0.15, 0.2) is 0 Å². The molecule has 0 saturated heterocycles. The number of halogens is 2. The lowest BCUT2D eigenvalue weighted by Crippen LogP contribution is -2.17. The van der Waals surface area contributed by atoms with Gasteiger partial charge in [0, 0.05) is 22.9 Å². The van der Waals surface area contributed by atoms with Gasteiger partial charge >= 0.3 is 6.61 Å². The SMILES string of the molecule is CC(C)C(=O)Nc1ccc(NC(=O)c2ccc(OC(F)F)cc2)cc1. The minimum absolute atomic E-state index is 0.0169. The first kappa shape index (κ1) is 18.4. The molecule has 2 rings (SSSR count). The largest absolute Gasteiger partial charge is 0.435 e. The molecule has 2 aromatic rings. The Morgan fingerprint density at radius 1 is 0.880 bits per heavy atom. The maximum atomic E-state index is 12.1. The maximum Gasteiger partial charge on any atom is 0.387 e. The van der Waals surface area contributed by atoms with Gasteiger partial charge in [-0.3, -0.25) is 9.59 Å². The fourth-order valence-electron chi connectivity index (χ4n) is 1.91. The molecule has 7 heteroatoms. The smallest absolute Gasteiger partial charge is 0.387 e. The third-order valence-electron chi connectivity index (χ3n) is 3.28. The van der Waals surface area contributed by atoms with Gasteiger partial charge in [0.2, 0.25) is 5.91 Å². The minimum Gasteiger partial charge on any atom is -0.435 e. The van der Waals surface area contributed by atoms with Gasteiger partial charge in [-0.1, -0.05) is 13.8 Å². The van der Waals surface area contributed by atoms with E-state index in [1.807, 2.05) is 0 Å². The number of benzene rings is 2. The van der Waals surface area contributed by atoms with Gasteiger partial charge in [-0.25, -0.2) is 0 Å². The zero-order chi connectivity index (χ0) is 18.4. The van der Waals surface area contributed by atoms with Crippen LogP contribution in [0.5, 0.6) is 5.75 Å². The predicted octanol–water partition coefficient (Wildman–Crippen LogP) is 4.13. The van der Waals surface area contributed by atoms with Crippen molar-refractivity contribution in [3.63, 3.8) is 0 Å². The van der Waals surface area contributed by atoms with Crippen LogP contribution >= 0.6 is 0 Å². The van der Waals surface area contributed by atoms with Crippen molar-refractivity contribution >= 4 is 23.2 Å². The van der Waals surface area contributed by atoms with Crippen molar-refractivity contribution in [3.05, 3.63) is 54.1 Å². The van der Waals surface area contributed by atoms with Crippen molar-refractivity contribution in [3.8, 4) is 5.75 Å². The van der Waals surface area contributed by atoms with Gasteiger partial charge in [-0.05, 0) is 48.5 Å². The predicted molar refractivity (Wildman–Crippen MR) is 90.9 cm³/mol. The molecule has 2 aromatic carbocycles. The monoisotopic (exact) mass is 348 g/mol. The number of carbonyl (C=O) groups is 2. The third kappa shape index (κ3) is 5.56. The quantitative estimate of drug-likeness (QED) is 0.825. The Morgan fingerprint density at radius 2 is 1.40 bits per heavy atom. The van der Waals surface area contributed by atoms with E-state index >= 15 is 0 Å². The van der Waals surface area contributed by atoms with Crippen LogP contribution < -0.4 is 15.4 Å². The van der Waals surface area contributed by atoms with E-state index < -0.39 is 6.61 Å². The summed E-state index contributed by atoms with van der Waals surface area (Å²) in [4.78, 5) is 23.7. The molecule has 0 aliphatic heterocycles. The summed E-state index contributed by atoms with van der Waals surface area (Å²) in [6, 6.07) is 12.0. The molecule has 0 aromatic heterocycles. The molecule has 0 radical (unpaired) electrons. The molecule has 0 heterocycles. The van der Waals surface area contributed by atoms with E-state index in [1.165, 1.54) is 24.3 Å². The van der Waals surface area contributed by atoms with Gasteiger partial charge in [0.05, 0.1) is 0 Å². The summed E-state index contributed by atoms with van der Waals surface area (Å²) in [5, 5.41) is 5.43. The third-order valence-corrected chi connectivity index (χ3v) is 3.28. The lowest BCUT2D eigenvalue weighted by atomic mass is 10.2. The second kappa shape index (κ2) is 8.23. The van der Waals surface area contributed by atoms with E-state index in [9.17, 15) is 18.4 Å². The molecule has 0 fully saturated rings. The van der Waals surface area contributed by atoms with E-state index in [1.54, 1.807) is 38.1 Å². The molecule has 2 N–H and O–H groups in total. The van der Waals surface area contributed by atoms with Crippen molar-refractivity contribution in [1.29, 1.82) is 0 Å². The van der Waals surface area contributed by atoms with E-state index in [-0.39, 0.29) is 23.5 Å². The molecule has 132 valence electrons. The fraction of sp³-hybridized carbons (Fsp3) is 0.222. The Morgan fingerprint density at radius 3 is 1.88 bits per heavy atom. The number of nitrogens with one attached hydrogen (secondary N) is 2. The van der Waals surface area contributed by atoms with Crippen molar-refractivity contribution in [1.82, 2.24) is 0 Å². The number of rotatable bonds is 6. The summed E-state index contributed by atoms with van der Waals surface area (Å²) < 4.78 is 28.4. The van der Waals surface area contributed by atoms with Crippen LogP contribution in [0.1, 0.15) is 24.2 Å². The Hall–Kier alpha value is -2.96. The summed E-state index contributed by atoms with van der Waals surface area (Å²) in [6.45, 7) is 0.678. The zero-order valence-electron chi connectivity index (χ0n) is 13.8. The van der Waals surface area contributed by atoms with Gasteiger partial charge in [-0.2, -0.15) is 8.78 Å². The van der Waals surface area contributed by atoms with Crippen molar-refractivity contribution in [2.24, 2.45) is 5.92 Å². The highest BCUT2D eigenvalue weighted by molar-refractivity contribution is 6.04. The van der Waals surface area contributed by atoms with Gasteiger partial charge < -0.3 is 15.4 Å². The Kier molecular flexibility index (Phi) is 6.05. The molecular weight excluding hydrogens is 330 g/mol. The number of alkyl halides is 2. The van der Waals surface area contributed by atoms with E-state index in [0.717, 1.165) is 0 Å². The fourth-order valence-corrected chi connectivity index (χ4v) is 1.91. The highest BCUT2D eigenvalue weighted by Gasteiger charge is 2.10. The number of amides is 2. The van der Waals surface area contributed by atoms with Crippen LogP contribution in [0.3, 0.4) is 0 Å². The summed E-state index contributed by atoms with van der Waals surface area (Å²) in [7, 11) is 0. The molecule has 0 aliphatic carbocycles. The first-order valence-electron chi connectivity index (χ1n) is 7.62. The normalized spacial score (nSPS) is 10.6. The standard InChI is InChI=1S/C18H18F2N2O3/c1-11(2)16(23)21-13-5-7-14(8-6-13)22-17(24)12-3-9-15(10-4-12)25-18(19)20/h3-11,18H,1-2H3,(H,21,23)(H,22,24). The van der Waals surface area contributed by atoms with Gasteiger partial charge in [-0.15, -0.1) is 0 Å². The highest BCUT2D eigenvalue weighted by Crippen LogP contribution is 2.18. The van der Waals surface area contributed by atoms with Crippen LogP contribution in [-0.4, -0.2) is 18.4 Å². The van der Waals surface area contributed by atoms with E-state index in [0.29, 0.717) is 16.9 Å². The molecule has 0 saturated carbocycles. The van der Waals surface area contributed by atoms with Crippen molar-refractivity contribution < 1.29 is 23.1 Å². The molecule has 25 heavy (non-hydrogen) atoms. The summed E-state index contributed by atoms with van der Waals surface area (Å²) in [5.41, 5.74) is 1.48. The summed E-state index contributed by atoms with van der Waals surface area (Å²) in [5.74, 6) is -0.626. The Bertz CT molecular complexity index is 729. The molecule has 0 spiro atoms. The maximum absolute atomic E-state index is 12.1. The second-order valence-corrected chi connectivity index (χ2v) is 5.58. The number of carbonyl (C=O) groups excluding carboxylic acids is 2. The van der Waals surface area contributed by atoms with Crippen molar-refractivity contribution in [2.75, 3.05) is 10.6 Å². The van der Waals surface area contributed by atoms with E-state index in [2.05, 4.69) is 15.4 Å². The lowest BCUT2D eigenvalue weighted by Gasteiger charge is -2.10. The van der Waals surface area contributed by atoms with Crippen LogP contribution in [0.4, 0.5) is 20.2 Å². The summed E-state index contributed by atoms with van der Waals surface area (Å²) >= 11 is 0. The number of hydrogen-bond donors (Lipinski definition) is 2. The summed E-state index contributed by atoms with van der Waals surface area (Å²) in [6.07, 6.45) is 0. The lowest BCUT2D eigenvalue weighted by molar-refractivity contribution is -0.118. The Balaban J connectivity index is 1.97. The number of ether oxygens (including phenoxy) is 1. The average molecular weight is 348 g/mol. The van der Waals surface area contributed by atoms with Gasteiger partial charge in [0.1, 0.15) is 5.75 Å². The molecule has 0 bridgehead atoms. The first-order valence-corrected chi connectivity index (χ1v) is 7.62. The van der Waals surface area contributed by atoms with Gasteiger partial charge in [0.25, 0.3) is 5.91 Å². The highest BCUT2D eigenvalue weighted by atomic mass is 19.3. The first-order chi connectivity index (χ1) is 11.8. The van der Waals surface area contributed by atoms with Crippen molar-refractivity contribution in [2.45, 2.75) is 20.5 Å². The van der Waals surface area contributed by atoms with Crippen LogP contribution in [0.15, 0.2) is 48.5 Å². The molecular formula is C18H18F2N2O3. The molecule has 2 amide bonds. The Labute approximate surface area is 144 Å². The molecule has 0 unspecified atom stereocenters. The molecule has 5 nitrogen and oxygen atoms in total. The number of hydrogen-bond acceptors (Lipinski definition) is 3. The van der Waals surface area contributed by atoms with Crippen LogP contribution in [0.2, 0.25) is 0 Å². The molecule has 0 aliphatic rings. The minimum atomic E-state index is -2.91. The zero-order valence-corrected chi connectivity index (χ0v) is 13.8. The van der Waals surface area contributed by atoms with Crippen LogP contribution in [0, 0.1) is 5.92 Å². The molecule has 0 atom stereocenters. The van der Waals surface area contributed by atoms with Crippen LogP contribution in [0.25, 0.3) is 0 Å². The second-order valence-electron chi connectivity index (χ2n) is 5.58. The van der Waals surface area contributed by atoms with Crippen LogP contribution in [-0.2, 0) is 4.79 Å². The topological polar surface area (TPSA) is 67.4 Å². The average Bonchev–Trinajstić information content (AvgIpc) is 2.56. The number of anilines is 2.